The molecule has 1 amide bonds. The van der Waals surface area contributed by atoms with Crippen LogP contribution in [-0.4, -0.2) is 12.5 Å². The average molecular weight is 218 g/mol. The van der Waals surface area contributed by atoms with Crippen molar-refractivity contribution in [3.63, 3.8) is 0 Å². The zero-order valence-corrected chi connectivity index (χ0v) is 9.36. The van der Waals surface area contributed by atoms with E-state index in [9.17, 15) is 4.79 Å². The maximum Gasteiger partial charge on any atom is 0.222 e. The Balaban J connectivity index is 2.00. The summed E-state index contributed by atoms with van der Waals surface area (Å²) in [7, 11) is 0. The Morgan fingerprint density at radius 1 is 1.31 bits per heavy atom. The Kier molecular flexibility index (Phi) is 3.25. The van der Waals surface area contributed by atoms with Gasteiger partial charge in [-0.2, -0.15) is 0 Å². The maximum absolute atomic E-state index is 11.1. The molecule has 0 bridgehead atoms. The lowest BCUT2D eigenvalue weighted by molar-refractivity contribution is -0.121. The molecule has 1 atom stereocenters. The molecule has 0 aliphatic heterocycles. The van der Waals surface area contributed by atoms with Crippen molar-refractivity contribution in [2.45, 2.75) is 25.2 Å². The number of benzene rings is 1. The fourth-order valence-electron chi connectivity index (χ4n) is 1.93. The van der Waals surface area contributed by atoms with Crippen LogP contribution in [0.5, 0.6) is 0 Å². The first-order chi connectivity index (χ1) is 7.70. The summed E-state index contributed by atoms with van der Waals surface area (Å²) in [5.41, 5.74) is 13.3. The molecule has 1 aliphatic rings. The standard InChI is InChI=1S/C13H18N2O/c14-8-12(13(15)16)7-9-1-3-10(4-2-9)11-5-6-11/h1-4,11-12H,5-8,14H2,(H2,15,16). The Bertz CT molecular complexity index is 368. The zero-order valence-electron chi connectivity index (χ0n) is 9.36. The number of nitrogens with two attached hydrogens (primary N) is 2. The number of rotatable bonds is 5. The van der Waals surface area contributed by atoms with E-state index in [0.717, 1.165) is 11.5 Å². The van der Waals surface area contributed by atoms with Crippen LogP contribution in [0, 0.1) is 5.92 Å². The molecule has 86 valence electrons. The normalized spacial score (nSPS) is 17.1. The highest BCUT2D eigenvalue weighted by atomic mass is 16.1. The minimum atomic E-state index is -0.311. The smallest absolute Gasteiger partial charge is 0.222 e. The summed E-state index contributed by atoms with van der Waals surface area (Å²) in [4.78, 5) is 11.1. The second-order valence-corrected chi connectivity index (χ2v) is 4.55. The molecule has 0 saturated heterocycles. The predicted octanol–water partition coefficient (Wildman–Crippen LogP) is 1.17. The van der Waals surface area contributed by atoms with Gasteiger partial charge in [0.05, 0.1) is 5.92 Å². The van der Waals surface area contributed by atoms with Crippen molar-refractivity contribution in [3.8, 4) is 0 Å². The van der Waals surface area contributed by atoms with E-state index in [1.54, 1.807) is 0 Å². The monoisotopic (exact) mass is 218 g/mol. The maximum atomic E-state index is 11.1. The van der Waals surface area contributed by atoms with Crippen LogP contribution < -0.4 is 11.5 Å². The third-order valence-electron chi connectivity index (χ3n) is 3.20. The lowest BCUT2D eigenvalue weighted by atomic mass is 9.97. The first-order valence-corrected chi connectivity index (χ1v) is 5.79. The van der Waals surface area contributed by atoms with Gasteiger partial charge in [0.25, 0.3) is 0 Å². The fourth-order valence-corrected chi connectivity index (χ4v) is 1.93. The van der Waals surface area contributed by atoms with Crippen LogP contribution in [0.1, 0.15) is 29.9 Å². The van der Waals surface area contributed by atoms with Crippen molar-refractivity contribution in [1.29, 1.82) is 0 Å². The van der Waals surface area contributed by atoms with Gasteiger partial charge >= 0.3 is 0 Å². The molecule has 1 saturated carbocycles. The summed E-state index contributed by atoms with van der Waals surface area (Å²) in [5.74, 6) is 0.219. The molecule has 0 radical (unpaired) electrons. The van der Waals surface area contributed by atoms with Gasteiger partial charge in [0, 0.05) is 6.54 Å². The van der Waals surface area contributed by atoms with Gasteiger partial charge in [0.1, 0.15) is 0 Å². The van der Waals surface area contributed by atoms with E-state index in [2.05, 4.69) is 24.3 Å². The number of carbonyl (C=O) groups excluding carboxylic acids is 1. The molecule has 3 nitrogen and oxygen atoms in total. The van der Waals surface area contributed by atoms with Crippen LogP contribution in [0.15, 0.2) is 24.3 Å². The average Bonchev–Trinajstić information content (AvgIpc) is 3.10. The molecular weight excluding hydrogens is 200 g/mol. The van der Waals surface area contributed by atoms with Crippen molar-refractivity contribution < 1.29 is 4.79 Å². The van der Waals surface area contributed by atoms with Gasteiger partial charge in [-0.1, -0.05) is 24.3 Å². The number of hydrogen-bond donors (Lipinski definition) is 2. The van der Waals surface area contributed by atoms with Gasteiger partial charge in [0.15, 0.2) is 0 Å². The Labute approximate surface area is 95.8 Å². The highest BCUT2D eigenvalue weighted by Crippen LogP contribution is 2.39. The minimum absolute atomic E-state index is 0.244. The highest BCUT2D eigenvalue weighted by Gasteiger charge is 2.23. The highest BCUT2D eigenvalue weighted by molar-refractivity contribution is 5.77. The number of carbonyl (C=O) groups is 1. The van der Waals surface area contributed by atoms with Crippen molar-refractivity contribution in [2.24, 2.45) is 17.4 Å². The molecule has 1 aliphatic carbocycles. The molecule has 2 rings (SSSR count). The molecule has 3 heteroatoms. The quantitative estimate of drug-likeness (QED) is 0.778. The van der Waals surface area contributed by atoms with Gasteiger partial charge in [0.2, 0.25) is 5.91 Å². The lowest BCUT2D eigenvalue weighted by Gasteiger charge is -2.10. The van der Waals surface area contributed by atoms with Crippen molar-refractivity contribution in [1.82, 2.24) is 0 Å². The summed E-state index contributed by atoms with van der Waals surface area (Å²) < 4.78 is 0. The lowest BCUT2D eigenvalue weighted by Crippen LogP contribution is -2.31. The van der Waals surface area contributed by atoms with Crippen LogP contribution in [0.25, 0.3) is 0 Å². The van der Waals surface area contributed by atoms with Crippen molar-refractivity contribution in [3.05, 3.63) is 35.4 Å². The van der Waals surface area contributed by atoms with Crippen LogP contribution in [0.4, 0.5) is 0 Å². The number of hydrogen-bond acceptors (Lipinski definition) is 2. The van der Waals surface area contributed by atoms with E-state index in [4.69, 9.17) is 11.5 Å². The van der Waals surface area contributed by atoms with Crippen molar-refractivity contribution >= 4 is 5.91 Å². The summed E-state index contributed by atoms with van der Waals surface area (Å²) in [6.45, 7) is 0.319. The van der Waals surface area contributed by atoms with E-state index < -0.39 is 0 Å². The molecule has 0 spiro atoms. The Morgan fingerprint density at radius 3 is 2.38 bits per heavy atom. The fraction of sp³-hybridized carbons (Fsp3) is 0.462. The van der Waals surface area contributed by atoms with Gasteiger partial charge in [-0.3, -0.25) is 4.79 Å². The van der Waals surface area contributed by atoms with Gasteiger partial charge < -0.3 is 11.5 Å². The van der Waals surface area contributed by atoms with Crippen LogP contribution in [0.3, 0.4) is 0 Å². The molecule has 1 aromatic rings. The minimum Gasteiger partial charge on any atom is -0.369 e. The van der Waals surface area contributed by atoms with E-state index in [1.165, 1.54) is 18.4 Å². The Morgan fingerprint density at radius 2 is 1.94 bits per heavy atom. The topological polar surface area (TPSA) is 69.1 Å². The summed E-state index contributed by atoms with van der Waals surface area (Å²) >= 11 is 0. The third kappa shape index (κ3) is 2.61. The van der Waals surface area contributed by atoms with E-state index in [0.29, 0.717) is 13.0 Å². The van der Waals surface area contributed by atoms with E-state index >= 15 is 0 Å². The Hall–Kier alpha value is -1.35. The first kappa shape index (κ1) is 11.1. The predicted molar refractivity (Wildman–Crippen MR) is 63.9 cm³/mol. The first-order valence-electron chi connectivity index (χ1n) is 5.79. The van der Waals surface area contributed by atoms with Crippen LogP contribution in [-0.2, 0) is 11.2 Å². The van der Waals surface area contributed by atoms with Gasteiger partial charge in [-0.05, 0) is 36.3 Å². The summed E-state index contributed by atoms with van der Waals surface area (Å²) in [6, 6.07) is 8.47. The molecule has 1 fully saturated rings. The molecule has 1 aromatic carbocycles. The number of amides is 1. The van der Waals surface area contributed by atoms with Crippen molar-refractivity contribution in [2.75, 3.05) is 6.54 Å². The molecule has 4 N–H and O–H groups in total. The van der Waals surface area contributed by atoms with Gasteiger partial charge in [-0.25, -0.2) is 0 Å². The second kappa shape index (κ2) is 4.66. The molecule has 16 heavy (non-hydrogen) atoms. The molecule has 1 unspecified atom stereocenters. The summed E-state index contributed by atoms with van der Waals surface area (Å²) in [6.07, 6.45) is 3.27. The summed E-state index contributed by atoms with van der Waals surface area (Å²) in [5, 5.41) is 0. The SMILES string of the molecule is NCC(Cc1ccc(C2CC2)cc1)C(N)=O. The third-order valence-corrected chi connectivity index (χ3v) is 3.20. The van der Waals surface area contributed by atoms with E-state index in [-0.39, 0.29) is 11.8 Å². The van der Waals surface area contributed by atoms with Crippen LogP contribution >= 0.6 is 0 Å². The van der Waals surface area contributed by atoms with Crippen LogP contribution in [0.2, 0.25) is 0 Å². The molecule has 0 heterocycles. The molecule has 0 aromatic heterocycles. The van der Waals surface area contributed by atoms with Gasteiger partial charge in [-0.15, -0.1) is 0 Å². The second-order valence-electron chi connectivity index (χ2n) is 4.55. The number of primary amides is 1. The zero-order chi connectivity index (χ0) is 11.5. The van der Waals surface area contributed by atoms with E-state index in [1.807, 2.05) is 0 Å². The molecular formula is C13H18N2O. The largest absolute Gasteiger partial charge is 0.369 e.